The van der Waals surface area contributed by atoms with Crippen LogP contribution in [-0.2, 0) is 15.7 Å². The summed E-state index contributed by atoms with van der Waals surface area (Å²) in [4.78, 5) is 37.5. The first-order valence-electron chi connectivity index (χ1n) is 15.1. The van der Waals surface area contributed by atoms with Crippen LogP contribution in [-0.4, -0.2) is 59.5 Å². The van der Waals surface area contributed by atoms with Crippen molar-refractivity contribution in [3.05, 3.63) is 90.3 Å². The molecule has 1 N–H and O–H groups in total. The minimum absolute atomic E-state index is 0.0164. The Kier molecular flexibility index (Phi) is 8.48. The number of esters is 1. The Bertz CT molecular complexity index is 1940. The number of carbonyl (C=O) groups excluding carboxylic acids is 2. The van der Waals surface area contributed by atoms with Crippen LogP contribution < -0.4 is 10.2 Å². The normalized spacial score (nSPS) is 13.7. The van der Waals surface area contributed by atoms with Gasteiger partial charge in [-0.05, 0) is 55.0 Å². The number of hydrogen-bond donors (Lipinski definition) is 1. The molecule has 1 saturated heterocycles. The number of aromatic nitrogens is 2. The molecule has 0 bridgehead atoms. The van der Waals surface area contributed by atoms with Gasteiger partial charge in [-0.15, -0.1) is 0 Å². The number of ether oxygens (including phenoxy) is 1. The molecule has 3 heterocycles. The second-order valence-corrected chi connectivity index (χ2v) is 11.0. The molecule has 1 aliphatic heterocycles. The smallest absolute Gasteiger partial charge is 0.418 e. The lowest BCUT2D eigenvalue weighted by Gasteiger charge is -2.37. The van der Waals surface area contributed by atoms with E-state index in [1.54, 1.807) is 42.0 Å². The van der Waals surface area contributed by atoms with Crippen LogP contribution in [0.5, 0.6) is 0 Å². The molecule has 0 saturated carbocycles. The van der Waals surface area contributed by atoms with E-state index in [9.17, 15) is 22.8 Å². The third kappa shape index (κ3) is 6.17. The van der Waals surface area contributed by atoms with Gasteiger partial charge in [-0.2, -0.15) is 13.2 Å². The van der Waals surface area contributed by atoms with Crippen LogP contribution in [0.4, 0.5) is 30.2 Å². The van der Waals surface area contributed by atoms with Crippen molar-refractivity contribution in [2.75, 3.05) is 43.0 Å². The van der Waals surface area contributed by atoms with Crippen molar-refractivity contribution in [3.8, 4) is 11.1 Å². The fourth-order valence-electron chi connectivity index (χ4n) is 5.78. The number of rotatable bonds is 7. The molecule has 236 valence electrons. The van der Waals surface area contributed by atoms with Gasteiger partial charge in [0, 0.05) is 72.7 Å². The first-order valence-corrected chi connectivity index (χ1v) is 15.1. The summed E-state index contributed by atoms with van der Waals surface area (Å²) in [6.45, 7) is 4.84. The number of hydrogen-bond acceptors (Lipinski definition) is 7. The Morgan fingerprint density at radius 3 is 2.37 bits per heavy atom. The third-order valence-electron chi connectivity index (χ3n) is 8.13. The second kappa shape index (κ2) is 12.7. The van der Waals surface area contributed by atoms with E-state index in [0.717, 1.165) is 28.1 Å². The van der Waals surface area contributed by atoms with Gasteiger partial charge in [-0.3, -0.25) is 14.8 Å². The second-order valence-electron chi connectivity index (χ2n) is 11.0. The van der Waals surface area contributed by atoms with E-state index in [1.165, 1.54) is 12.3 Å². The maximum atomic E-state index is 14.5. The molecule has 6 rings (SSSR count). The number of halogens is 3. The van der Waals surface area contributed by atoms with Gasteiger partial charge >= 0.3 is 12.1 Å². The lowest BCUT2D eigenvalue weighted by atomic mass is 10.0. The predicted octanol–water partition coefficient (Wildman–Crippen LogP) is 7.45. The van der Waals surface area contributed by atoms with Crippen LogP contribution in [0, 0.1) is 0 Å². The van der Waals surface area contributed by atoms with Crippen molar-refractivity contribution in [2.45, 2.75) is 26.4 Å². The number of nitrogens with one attached hydrogen (secondary N) is 1. The molecule has 0 aliphatic carbocycles. The highest BCUT2D eigenvalue weighted by Crippen LogP contribution is 2.40. The first kappa shape index (κ1) is 30.8. The van der Waals surface area contributed by atoms with Crippen LogP contribution >= 0.6 is 0 Å². The first-order chi connectivity index (χ1) is 22.2. The highest BCUT2D eigenvalue weighted by Gasteiger charge is 2.36. The van der Waals surface area contributed by atoms with Gasteiger partial charge < -0.3 is 19.9 Å². The largest absolute Gasteiger partial charge is 0.462 e. The number of fused-ring (bicyclic) bond motifs is 2. The zero-order chi connectivity index (χ0) is 32.4. The molecule has 3 aromatic carbocycles. The fourth-order valence-corrected chi connectivity index (χ4v) is 5.78. The summed E-state index contributed by atoms with van der Waals surface area (Å²) in [5, 5.41) is 4.59. The molecule has 1 fully saturated rings. The lowest BCUT2D eigenvalue weighted by molar-refractivity contribution is -0.137. The minimum atomic E-state index is -4.65. The number of piperazine rings is 1. The van der Waals surface area contributed by atoms with Crippen molar-refractivity contribution in [1.82, 2.24) is 14.9 Å². The Morgan fingerprint density at radius 2 is 1.63 bits per heavy atom. The Hall–Kier alpha value is -5.19. The number of benzene rings is 3. The summed E-state index contributed by atoms with van der Waals surface area (Å²) in [6.07, 6.45) is -1.17. The molecule has 1 aliphatic rings. The van der Waals surface area contributed by atoms with E-state index in [4.69, 9.17) is 4.74 Å². The summed E-state index contributed by atoms with van der Waals surface area (Å²) in [5.74, 6) is -0.665. The molecule has 5 aromatic rings. The van der Waals surface area contributed by atoms with Gasteiger partial charge in [0.2, 0.25) is 5.91 Å². The van der Waals surface area contributed by atoms with Crippen molar-refractivity contribution < 1.29 is 27.5 Å². The Labute approximate surface area is 263 Å². The fraction of sp³-hybridized carbons (Fsp3) is 0.257. The number of pyridine rings is 2. The van der Waals surface area contributed by atoms with Gasteiger partial charge in [0.05, 0.1) is 28.9 Å². The van der Waals surface area contributed by atoms with Gasteiger partial charge in [0.15, 0.2) is 0 Å². The summed E-state index contributed by atoms with van der Waals surface area (Å²) < 4.78 is 48.7. The SMILES string of the molecule is CCOC(=O)c1cnc2ccc(-c3cnc4ccccc4c3)cc2c1Nc1ccc(N2CCN(C(=O)CC)CC2)c(C(F)(F)F)c1. The van der Waals surface area contributed by atoms with E-state index in [0.29, 0.717) is 30.4 Å². The minimum Gasteiger partial charge on any atom is -0.462 e. The Balaban J connectivity index is 1.41. The molecule has 8 nitrogen and oxygen atoms in total. The van der Waals surface area contributed by atoms with Crippen molar-refractivity contribution in [1.29, 1.82) is 0 Å². The third-order valence-corrected chi connectivity index (χ3v) is 8.13. The van der Waals surface area contributed by atoms with Crippen LogP contribution in [0.2, 0.25) is 0 Å². The molecular formula is C35H32F3N5O3. The van der Waals surface area contributed by atoms with Crippen molar-refractivity contribution >= 4 is 50.7 Å². The summed E-state index contributed by atoms with van der Waals surface area (Å²) in [5.41, 5.74) is 2.77. The Morgan fingerprint density at radius 1 is 0.870 bits per heavy atom. The van der Waals surface area contributed by atoms with Gasteiger partial charge in [-0.25, -0.2) is 4.79 Å². The molecule has 0 spiro atoms. The number of para-hydroxylation sites is 1. The average Bonchev–Trinajstić information content (AvgIpc) is 3.07. The quantitative estimate of drug-likeness (QED) is 0.188. The predicted molar refractivity (Wildman–Crippen MR) is 172 cm³/mol. The highest BCUT2D eigenvalue weighted by atomic mass is 19.4. The summed E-state index contributed by atoms with van der Waals surface area (Å²) >= 11 is 0. The highest BCUT2D eigenvalue weighted by molar-refractivity contribution is 6.07. The van der Waals surface area contributed by atoms with Gasteiger partial charge in [0.25, 0.3) is 0 Å². The molecule has 2 aromatic heterocycles. The zero-order valence-corrected chi connectivity index (χ0v) is 25.4. The lowest BCUT2D eigenvalue weighted by Crippen LogP contribution is -2.49. The molecule has 46 heavy (non-hydrogen) atoms. The van der Waals surface area contributed by atoms with Crippen LogP contribution in [0.1, 0.15) is 36.2 Å². The number of amides is 1. The maximum absolute atomic E-state index is 14.5. The van der Waals surface area contributed by atoms with Gasteiger partial charge in [0.1, 0.15) is 5.56 Å². The summed E-state index contributed by atoms with van der Waals surface area (Å²) in [6, 6.07) is 19.3. The number of carbonyl (C=O) groups is 2. The number of anilines is 3. The van der Waals surface area contributed by atoms with Crippen molar-refractivity contribution in [2.24, 2.45) is 0 Å². The maximum Gasteiger partial charge on any atom is 0.418 e. The molecule has 0 radical (unpaired) electrons. The van der Waals surface area contributed by atoms with Crippen molar-refractivity contribution in [3.63, 3.8) is 0 Å². The van der Waals surface area contributed by atoms with E-state index in [2.05, 4.69) is 15.3 Å². The average molecular weight is 628 g/mol. The monoisotopic (exact) mass is 627 g/mol. The standard InChI is InChI=1S/C35H32F3N5O3/c1-3-32(44)43-15-13-42(14-16-43)31-12-10-25(19-28(31)35(36,37)38)41-33-26-18-22(24-17-23-7-5-6-8-29(23)39-20-24)9-11-30(26)40-21-27(33)34(45)46-4-2/h5-12,17-21H,3-4,13-16H2,1-2H3,(H,40,41). The molecule has 0 atom stereocenters. The van der Waals surface area contributed by atoms with E-state index >= 15 is 0 Å². The summed E-state index contributed by atoms with van der Waals surface area (Å²) in [7, 11) is 0. The van der Waals surface area contributed by atoms with E-state index in [-0.39, 0.29) is 48.2 Å². The molecule has 1 amide bonds. The van der Waals surface area contributed by atoms with Crippen LogP contribution in [0.3, 0.4) is 0 Å². The van der Waals surface area contributed by atoms with Crippen LogP contribution in [0.25, 0.3) is 32.9 Å². The van der Waals surface area contributed by atoms with E-state index in [1.807, 2.05) is 42.5 Å². The number of alkyl halides is 3. The van der Waals surface area contributed by atoms with Gasteiger partial charge in [-0.1, -0.05) is 31.2 Å². The van der Waals surface area contributed by atoms with E-state index < -0.39 is 17.7 Å². The number of nitrogens with zero attached hydrogens (tertiary/aromatic N) is 4. The molecule has 0 unspecified atom stereocenters. The molecule has 11 heteroatoms. The topological polar surface area (TPSA) is 87.7 Å². The van der Waals surface area contributed by atoms with Crippen LogP contribution in [0.15, 0.2) is 79.1 Å². The zero-order valence-electron chi connectivity index (χ0n) is 25.4. The molecular weight excluding hydrogens is 595 g/mol.